The number of hydrogen-bond donors (Lipinski definition) is 2. The van der Waals surface area contributed by atoms with Gasteiger partial charge in [-0.1, -0.05) is 18.2 Å². The van der Waals surface area contributed by atoms with Crippen LogP contribution in [0.4, 0.5) is 11.4 Å². The van der Waals surface area contributed by atoms with Gasteiger partial charge in [-0.25, -0.2) is 0 Å². The fourth-order valence-electron chi connectivity index (χ4n) is 1.98. The molecule has 0 unspecified atom stereocenters. The smallest absolute Gasteiger partial charge is 0.259 e. The predicted octanol–water partition coefficient (Wildman–Crippen LogP) is 3.64. The van der Waals surface area contributed by atoms with Crippen molar-refractivity contribution in [1.29, 1.82) is 0 Å². The summed E-state index contributed by atoms with van der Waals surface area (Å²) in [6, 6.07) is 12.8. The largest absolute Gasteiger partial charge is 0.491 e. The summed E-state index contributed by atoms with van der Waals surface area (Å²) in [5, 5.41) is 2.91. The molecule has 0 heterocycles. The van der Waals surface area contributed by atoms with E-state index in [1.54, 1.807) is 30.0 Å². The molecule has 0 saturated heterocycles. The highest BCUT2D eigenvalue weighted by molar-refractivity contribution is 7.98. The lowest BCUT2D eigenvalue weighted by Gasteiger charge is -2.14. The Hall–Kier alpha value is -2.14. The molecule has 5 heteroatoms. The highest BCUT2D eigenvalue weighted by atomic mass is 32.2. The molecule has 110 valence electrons. The van der Waals surface area contributed by atoms with E-state index >= 15 is 0 Å². The van der Waals surface area contributed by atoms with Gasteiger partial charge in [-0.3, -0.25) is 4.79 Å². The molecular formula is C16H18N2O2S. The van der Waals surface area contributed by atoms with E-state index in [9.17, 15) is 4.79 Å². The molecule has 0 aromatic heterocycles. The number of hydrogen-bond acceptors (Lipinski definition) is 4. The molecule has 0 aliphatic carbocycles. The summed E-state index contributed by atoms with van der Waals surface area (Å²) in [4.78, 5) is 13.5. The average molecular weight is 302 g/mol. The second-order valence-electron chi connectivity index (χ2n) is 4.31. The first-order valence-electron chi connectivity index (χ1n) is 6.63. The second-order valence-corrected chi connectivity index (χ2v) is 5.16. The lowest BCUT2D eigenvalue weighted by molar-refractivity contribution is 0.102. The third-order valence-electron chi connectivity index (χ3n) is 2.93. The van der Waals surface area contributed by atoms with Crippen molar-refractivity contribution in [3.05, 3.63) is 48.0 Å². The van der Waals surface area contributed by atoms with E-state index in [1.807, 2.05) is 37.4 Å². The second kappa shape index (κ2) is 7.04. The number of anilines is 2. The molecule has 2 rings (SSSR count). The molecule has 4 nitrogen and oxygen atoms in total. The number of ether oxygens (including phenoxy) is 1. The van der Waals surface area contributed by atoms with Gasteiger partial charge in [0, 0.05) is 4.90 Å². The van der Waals surface area contributed by atoms with Crippen LogP contribution in [-0.4, -0.2) is 18.8 Å². The Morgan fingerprint density at radius 3 is 2.71 bits per heavy atom. The zero-order valence-corrected chi connectivity index (χ0v) is 12.9. The van der Waals surface area contributed by atoms with Crippen molar-refractivity contribution in [1.82, 2.24) is 0 Å². The molecule has 0 fully saturated rings. The molecule has 0 bridgehead atoms. The van der Waals surface area contributed by atoms with E-state index in [0.29, 0.717) is 23.6 Å². The molecule has 0 aliphatic rings. The first-order chi connectivity index (χ1) is 10.2. The normalized spacial score (nSPS) is 10.2. The lowest BCUT2D eigenvalue weighted by Crippen LogP contribution is -2.15. The maximum atomic E-state index is 12.5. The number of rotatable bonds is 5. The van der Waals surface area contributed by atoms with Gasteiger partial charge in [-0.15, -0.1) is 11.8 Å². The van der Waals surface area contributed by atoms with Crippen LogP contribution >= 0.6 is 11.8 Å². The maximum absolute atomic E-state index is 12.5. The summed E-state index contributed by atoms with van der Waals surface area (Å²) in [5.41, 5.74) is 7.56. The Morgan fingerprint density at radius 1 is 1.24 bits per heavy atom. The Bertz CT molecular complexity index is 644. The molecule has 0 radical (unpaired) electrons. The quantitative estimate of drug-likeness (QED) is 0.654. The van der Waals surface area contributed by atoms with Crippen LogP contribution in [0.3, 0.4) is 0 Å². The molecule has 1 amide bonds. The van der Waals surface area contributed by atoms with Crippen molar-refractivity contribution in [2.24, 2.45) is 0 Å². The topological polar surface area (TPSA) is 64.3 Å². The van der Waals surface area contributed by atoms with Gasteiger partial charge in [0.25, 0.3) is 5.91 Å². The monoisotopic (exact) mass is 302 g/mol. The summed E-state index contributed by atoms with van der Waals surface area (Å²) in [5.74, 6) is 0.200. The molecule has 2 aromatic rings. The van der Waals surface area contributed by atoms with Crippen LogP contribution < -0.4 is 15.8 Å². The van der Waals surface area contributed by atoms with Gasteiger partial charge < -0.3 is 15.8 Å². The van der Waals surface area contributed by atoms with Gasteiger partial charge in [0.1, 0.15) is 0 Å². The molecule has 21 heavy (non-hydrogen) atoms. The SMILES string of the molecule is CCOc1c(N)cccc1C(=O)Nc1ccccc1SC. The molecule has 0 saturated carbocycles. The van der Waals surface area contributed by atoms with E-state index < -0.39 is 0 Å². The van der Waals surface area contributed by atoms with E-state index in [0.717, 1.165) is 10.6 Å². The number of amides is 1. The van der Waals surface area contributed by atoms with Gasteiger partial charge in [0.2, 0.25) is 0 Å². The average Bonchev–Trinajstić information content (AvgIpc) is 2.50. The van der Waals surface area contributed by atoms with Crippen LogP contribution in [0.1, 0.15) is 17.3 Å². The number of carbonyl (C=O) groups is 1. The van der Waals surface area contributed by atoms with E-state index in [-0.39, 0.29) is 5.91 Å². The van der Waals surface area contributed by atoms with E-state index in [4.69, 9.17) is 10.5 Å². The van der Waals surface area contributed by atoms with E-state index in [2.05, 4.69) is 5.32 Å². The van der Waals surface area contributed by atoms with Crippen LogP contribution in [0.2, 0.25) is 0 Å². The zero-order chi connectivity index (χ0) is 15.2. The standard InChI is InChI=1S/C16H18N2O2S/c1-3-20-15-11(7-6-8-12(15)17)16(19)18-13-9-4-5-10-14(13)21-2/h4-10H,3,17H2,1-2H3,(H,18,19). The summed E-state index contributed by atoms with van der Waals surface area (Å²) in [6.07, 6.45) is 1.97. The fraction of sp³-hybridized carbons (Fsp3) is 0.188. The van der Waals surface area contributed by atoms with Crippen molar-refractivity contribution in [2.45, 2.75) is 11.8 Å². The molecule has 0 spiro atoms. The third kappa shape index (κ3) is 3.49. The van der Waals surface area contributed by atoms with Crippen molar-refractivity contribution >= 4 is 29.0 Å². The third-order valence-corrected chi connectivity index (χ3v) is 3.73. The molecule has 0 atom stereocenters. The van der Waals surface area contributed by atoms with Crippen molar-refractivity contribution < 1.29 is 9.53 Å². The summed E-state index contributed by atoms with van der Waals surface area (Å²) in [6.45, 7) is 2.31. The van der Waals surface area contributed by atoms with Crippen LogP contribution in [0.15, 0.2) is 47.4 Å². The molecular weight excluding hydrogens is 284 g/mol. The minimum atomic E-state index is -0.229. The number of thioether (sulfide) groups is 1. The van der Waals surface area contributed by atoms with Crippen LogP contribution in [0.5, 0.6) is 5.75 Å². The number of carbonyl (C=O) groups excluding carboxylic acids is 1. The molecule has 0 aliphatic heterocycles. The maximum Gasteiger partial charge on any atom is 0.259 e. The van der Waals surface area contributed by atoms with Crippen LogP contribution in [0.25, 0.3) is 0 Å². The lowest BCUT2D eigenvalue weighted by atomic mass is 10.1. The van der Waals surface area contributed by atoms with Gasteiger partial charge in [-0.2, -0.15) is 0 Å². The highest BCUT2D eigenvalue weighted by Crippen LogP contribution is 2.29. The minimum absolute atomic E-state index is 0.229. The minimum Gasteiger partial charge on any atom is -0.491 e. The summed E-state index contributed by atoms with van der Waals surface area (Å²) >= 11 is 1.58. The predicted molar refractivity (Wildman–Crippen MR) is 88.2 cm³/mol. The number of nitrogens with two attached hydrogens (primary N) is 1. The van der Waals surface area contributed by atoms with Crippen molar-refractivity contribution in [3.63, 3.8) is 0 Å². The van der Waals surface area contributed by atoms with Gasteiger partial charge in [-0.05, 0) is 37.4 Å². The molecule has 3 N–H and O–H groups in total. The number of benzene rings is 2. The van der Waals surface area contributed by atoms with Crippen molar-refractivity contribution in [3.8, 4) is 5.75 Å². The fourth-order valence-corrected chi connectivity index (χ4v) is 2.53. The van der Waals surface area contributed by atoms with Crippen molar-refractivity contribution in [2.75, 3.05) is 23.9 Å². The number of nitrogen functional groups attached to an aromatic ring is 1. The number of para-hydroxylation sites is 2. The Kier molecular flexibility index (Phi) is 5.11. The Balaban J connectivity index is 2.30. The Labute approximate surface area is 128 Å². The highest BCUT2D eigenvalue weighted by Gasteiger charge is 2.16. The Morgan fingerprint density at radius 2 is 2.00 bits per heavy atom. The van der Waals surface area contributed by atoms with Crippen LogP contribution in [-0.2, 0) is 0 Å². The van der Waals surface area contributed by atoms with Gasteiger partial charge in [0.05, 0.1) is 23.5 Å². The first kappa shape index (κ1) is 15.3. The zero-order valence-electron chi connectivity index (χ0n) is 12.1. The molecule has 2 aromatic carbocycles. The summed E-state index contributed by atoms with van der Waals surface area (Å²) < 4.78 is 5.49. The van der Waals surface area contributed by atoms with Gasteiger partial charge in [0.15, 0.2) is 5.75 Å². The summed E-state index contributed by atoms with van der Waals surface area (Å²) in [7, 11) is 0. The van der Waals surface area contributed by atoms with Gasteiger partial charge >= 0.3 is 0 Å². The number of nitrogens with one attached hydrogen (secondary N) is 1. The van der Waals surface area contributed by atoms with Crippen LogP contribution in [0, 0.1) is 0 Å². The first-order valence-corrected chi connectivity index (χ1v) is 7.85. The van der Waals surface area contributed by atoms with E-state index in [1.165, 1.54) is 0 Å².